The second kappa shape index (κ2) is 8.44. The Morgan fingerprint density at radius 2 is 2.11 bits per heavy atom. The Kier molecular flexibility index (Phi) is 8.13. The van der Waals surface area contributed by atoms with E-state index in [9.17, 15) is 20.1 Å². The van der Waals surface area contributed by atoms with E-state index >= 15 is 0 Å². The minimum absolute atomic E-state index is 0. The molecule has 0 heterocycles. The molecule has 1 unspecified atom stereocenters. The van der Waals surface area contributed by atoms with Gasteiger partial charge in [0.1, 0.15) is 0 Å². The van der Waals surface area contributed by atoms with Gasteiger partial charge in [0.25, 0.3) is 0 Å². The first-order valence-corrected chi connectivity index (χ1v) is 5.44. The Morgan fingerprint density at radius 1 is 1.44 bits per heavy atom. The molecule has 0 radical (unpaired) electrons. The second-order valence-corrected chi connectivity index (χ2v) is 3.93. The number of carboxylic acid groups (broad SMARTS) is 1. The average molecular weight is 326 g/mol. The van der Waals surface area contributed by atoms with E-state index in [1.165, 1.54) is 18.2 Å². The van der Waals surface area contributed by atoms with E-state index in [-0.39, 0.29) is 49.8 Å². The van der Waals surface area contributed by atoms with Gasteiger partial charge in [0, 0.05) is 11.0 Å². The molecule has 0 aliphatic rings. The van der Waals surface area contributed by atoms with Crippen LogP contribution in [-0.4, -0.2) is 32.3 Å². The summed E-state index contributed by atoms with van der Waals surface area (Å²) >= 11 is 5.59. The number of hydrogen-bond donors (Lipinski definition) is 1. The maximum Gasteiger partial charge on any atom is 3.00 e. The molecule has 0 spiro atoms. The van der Waals surface area contributed by atoms with Crippen LogP contribution in [0.5, 0.6) is 5.75 Å². The Bertz CT molecular complexity index is 403. The largest absolute Gasteiger partial charge is 3.00 e. The minimum Gasteiger partial charge on any atom is -0.872 e. The first-order valence-electron chi connectivity index (χ1n) is 5.06. The van der Waals surface area contributed by atoms with Crippen molar-refractivity contribution in [2.24, 2.45) is 0 Å². The van der Waals surface area contributed by atoms with Gasteiger partial charge in [-0.25, -0.2) is 0 Å². The summed E-state index contributed by atoms with van der Waals surface area (Å²) < 4.78 is 0. The number of hydrogen-bond acceptors (Lipinski definition) is 5. The van der Waals surface area contributed by atoms with Gasteiger partial charge in [-0.05, 0) is 31.7 Å². The van der Waals surface area contributed by atoms with Gasteiger partial charge < -0.3 is 25.4 Å². The first-order chi connectivity index (χ1) is 8.00. The van der Waals surface area contributed by atoms with Crippen LogP contribution in [-0.2, 0) is 4.79 Å². The Morgan fingerprint density at radius 3 is 2.67 bits per heavy atom. The van der Waals surface area contributed by atoms with Crippen LogP contribution >= 0.6 is 11.6 Å². The third-order valence-corrected chi connectivity index (χ3v) is 2.38. The fourth-order valence-corrected chi connectivity index (χ4v) is 1.46. The quantitative estimate of drug-likeness (QED) is 0.390. The van der Waals surface area contributed by atoms with Crippen molar-refractivity contribution < 1.29 is 20.1 Å². The van der Waals surface area contributed by atoms with Crippen LogP contribution in [0.1, 0.15) is 24.6 Å². The molecule has 94 valence electrons. The summed E-state index contributed by atoms with van der Waals surface area (Å²) in [7, 11) is 0. The summed E-state index contributed by atoms with van der Waals surface area (Å²) in [6.45, 7) is 0.213. The predicted molar refractivity (Wildman–Crippen MR) is 61.6 cm³/mol. The molecule has 0 aromatic heterocycles. The van der Waals surface area contributed by atoms with Crippen LogP contribution < -0.4 is 20.6 Å². The van der Waals surface area contributed by atoms with Crippen molar-refractivity contribution in [2.45, 2.75) is 19.1 Å². The fraction of sp³-hybridized carbons (Fsp3) is 0.364. The fourth-order valence-electron chi connectivity index (χ4n) is 1.30. The molecule has 1 rings (SSSR count). The molecular formula is C11H11ClGaNO4. The number of carbonyl (C=O) groups excluding carboxylic acids is 1. The van der Waals surface area contributed by atoms with Gasteiger partial charge in [-0.1, -0.05) is 29.3 Å². The first kappa shape index (κ1) is 17.3. The van der Waals surface area contributed by atoms with E-state index in [1.807, 2.05) is 0 Å². The number of carboxylic acids is 1. The number of nitrogens with one attached hydrogen (secondary N) is 1. The van der Waals surface area contributed by atoms with Crippen LogP contribution in [0.4, 0.5) is 0 Å². The second-order valence-electron chi connectivity index (χ2n) is 3.49. The normalized spacial score (nSPS) is 11.7. The number of aliphatic carboxylic acids is 1. The molecule has 7 heteroatoms. The SMILES string of the molecule is O=C([O-])CCCNC([O-])c1ccc(Cl)cc1[O-].[Ga+3]. The molecule has 5 nitrogen and oxygen atoms in total. The third-order valence-electron chi connectivity index (χ3n) is 2.15. The van der Waals surface area contributed by atoms with E-state index in [2.05, 4.69) is 5.32 Å². The summed E-state index contributed by atoms with van der Waals surface area (Å²) in [5.41, 5.74) is 0.0721. The zero-order valence-electron chi connectivity index (χ0n) is 9.52. The summed E-state index contributed by atoms with van der Waals surface area (Å²) in [6.07, 6.45) is -1.21. The number of carbonyl (C=O) groups is 1. The molecule has 1 aromatic carbocycles. The van der Waals surface area contributed by atoms with Crippen molar-refractivity contribution in [3.05, 3.63) is 28.8 Å². The summed E-state index contributed by atoms with van der Waals surface area (Å²) in [5, 5.41) is 35.9. The Balaban J connectivity index is 0.00000289. The summed E-state index contributed by atoms with van der Waals surface area (Å²) in [4.78, 5) is 10.1. The molecule has 0 fully saturated rings. The van der Waals surface area contributed by atoms with Gasteiger partial charge >= 0.3 is 19.8 Å². The molecule has 1 aromatic rings. The van der Waals surface area contributed by atoms with Crippen molar-refractivity contribution in [1.29, 1.82) is 0 Å². The Hall–Kier alpha value is -0.664. The van der Waals surface area contributed by atoms with E-state index in [4.69, 9.17) is 11.6 Å². The van der Waals surface area contributed by atoms with E-state index in [1.54, 1.807) is 0 Å². The van der Waals surface area contributed by atoms with Crippen molar-refractivity contribution in [3.63, 3.8) is 0 Å². The minimum atomic E-state index is -1.37. The third kappa shape index (κ3) is 5.79. The van der Waals surface area contributed by atoms with E-state index in [0.29, 0.717) is 0 Å². The van der Waals surface area contributed by atoms with Gasteiger partial charge in [0.05, 0.1) is 0 Å². The van der Waals surface area contributed by atoms with Crippen molar-refractivity contribution in [1.82, 2.24) is 5.32 Å². The standard InChI is InChI=1S/C11H13ClNO4.Ga/c12-7-3-4-8(9(14)6-7)11(17)13-5-1-2-10(15)16;/h3-4,6,11,13-14H,1-2,5H2,(H,15,16);/q-1;+3/p-2. The number of benzene rings is 1. The van der Waals surface area contributed by atoms with Crippen LogP contribution in [0.2, 0.25) is 5.02 Å². The van der Waals surface area contributed by atoms with Crippen LogP contribution in [0, 0.1) is 0 Å². The van der Waals surface area contributed by atoms with Gasteiger partial charge in [0.2, 0.25) is 0 Å². The van der Waals surface area contributed by atoms with Crippen LogP contribution in [0.15, 0.2) is 18.2 Å². The topological polar surface area (TPSA) is 98.3 Å². The maximum absolute atomic E-state index is 11.6. The van der Waals surface area contributed by atoms with Gasteiger partial charge in [0.15, 0.2) is 0 Å². The molecule has 1 atom stereocenters. The van der Waals surface area contributed by atoms with Gasteiger partial charge in [-0.15, -0.1) is 5.75 Å². The smallest absolute Gasteiger partial charge is 0.872 e. The average Bonchev–Trinajstić information content (AvgIpc) is 2.23. The van der Waals surface area contributed by atoms with Crippen molar-refractivity contribution >= 4 is 37.4 Å². The van der Waals surface area contributed by atoms with Crippen molar-refractivity contribution in [2.75, 3.05) is 6.54 Å². The number of rotatable bonds is 6. The molecule has 0 bridgehead atoms. The molecule has 0 saturated carbocycles. The zero-order valence-corrected chi connectivity index (χ0v) is 12.7. The van der Waals surface area contributed by atoms with Crippen LogP contribution in [0.25, 0.3) is 0 Å². The predicted octanol–water partition coefficient (Wildman–Crippen LogP) is -1.49. The molecule has 1 N–H and O–H groups in total. The Labute approximate surface area is 123 Å². The molecular weight excluding hydrogens is 315 g/mol. The van der Waals surface area contributed by atoms with E-state index < -0.39 is 17.9 Å². The van der Waals surface area contributed by atoms with Gasteiger partial charge in [-0.2, -0.15) is 0 Å². The van der Waals surface area contributed by atoms with Crippen molar-refractivity contribution in [3.8, 4) is 5.75 Å². The monoisotopic (exact) mass is 325 g/mol. The summed E-state index contributed by atoms with van der Waals surface area (Å²) in [5.74, 6) is -1.59. The summed E-state index contributed by atoms with van der Waals surface area (Å²) in [6, 6.07) is 4.00. The molecule has 0 aliphatic heterocycles. The zero-order chi connectivity index (χ0) is 12.8. The molecule has 0 amide bonds. The number of halogens is 1. The maximum atomic E-state index is 11.6. The molecule has 0 saturated heterocycles. The van der Waals surface area contributed by atoms with Crippen LogP contribution in [0.3, 0.4) is 0 Å². The van der Waals surface area contributed by atoms with Gasteiger partial charge in [-0.3, -0.25) is 0 Å². The molecule has 18 heavy (non-hydrogen) atoms. The van der Waals surface area contributed by atoms with E-state index in [0.717, 1.165) is 0 Å². The molecule has 0 aliphatic carbocycles.